The Morgan fingerprint density at radius 2 is 2.36 bits per heavy atom. The molecule has 2 heterocycles. The van der Waals surface area contributed by atoms with Crippen LogP contribution in [-0.4, -0.2) is 27.0 Å². The largest absolute Gasteiger partial charge is 0.314 e. The minimum absolute atomic E-state index is 0.797. The number of hydrogen-bond donors (Lipinski definition) is 1. The van der Waals surface area contributed by atoms with Crippen LogP contribution >= 0.6 is 11.3 Å². The second kappa shape index (κ2) is 3.85. The molecule has 0 spiro atoms. The normalized spacial score (nSPS) is 10.7. The van der Waals surface area contributed by atoms with E-state index in [1.165, 1.54) is 0 Å². The van der Waals surface area contributed by atoms with Crippen LogP contribution in [0.15, 0.2) is 12.4 Å². The van der Waals surface area contributed by atoms with Crippen LogP contribution in [0, 0.1) is 0 Å². The van der Waals surface area contributed by atoms with Crippen LogP contribution < -0.4 is 5.32 Å². The average Bonchev–Trinajstić information content (AvgIpc) is 2.74. The molecule has 1 N–H and O–H groups in total. The lowest BCUT2D eigenvalue weighted by molar-refractivity contribution is 0.655. The zero-order valence-corrected chi connectivity index (χ0v) is 8.88. The highest BCUT2D eigenvalue weighted by molar-refractivity contribution is 7.15. The van der Waals surface area contributed by atoms with Crippen molar-refractivity contribution >= 4 is 11.3 Å². The summed E-state index contributed by atoms with van der Waals surface area (Å²) in [6, 6.07) is 0. The van der Waals surface area contributed by atoms with Crippen LogP contribution in [0.1, 0.15) is 5.01 Å². The molecule has 5 nitrogen and oxygen atoms in total. The molecule has 0 aliphatic carbocycles. The molecule has 2 aromatic rings. The van der Waals surface area contributed by atoms with E-state index in [2.05, 4.69) is 20.5 Å². The molecule has 2 aromatic heterocycles. The Bertz CT molecular complexity index is 419. The third-order valence-corrected chi connectivity index (χ3v) is 2.75. The van der Waals surface area contributed by atoms with Gasteiger partial charge in [-0.2, -0.15) is 15.0 Å². The molecule has 0 fully saturated rings. The molecular weight excluding hydrogens is 198 g/mol. The van der Waals surface area contributed by atoms with Crippen LogP contribution in [-0.2, 0) is 13.6 Å². The van der Waals surface area contributed by atoms with Crippen LogP contribution in [0.3, 0.4) is 0 Å². The summed E-state index contributed by atoms with van der Waals surface area (Å²) in [5.41, 5.74) is 0.882. The first-order chi connectivity index (χ1) is 6.79. The van der Waals surface area contributed by atoms with Gasteiger partial charge < -0.3 is 5.32 Å². The Hall–Kier alpha value is -1.27. The van der Waals surface area contributed by atoms with Crippen molar-refractivity contribution in [1.29, 1.82) is 0 Å². The standard InChI is InChI=1S/C8H11N5S/c1-9-5-8-10-4-7(14-8)6-3-11-13(2)12-6/h3-4,9H,5H2,1-2H3. The van der Waals surface area contributed by atoms with Gasteiger partial charge in [0.15, 0.2) is 0 Å². The molecule has 0 saturated heterocycles. The Kier molecular flexibility index (Phi) is 2.55. The highest BCUT2D eigenvalue weighted by Gasteiger charge is 2.06. The summed E-state index contributed by atoms with van der Waals surface area (Å²) in [5, 5.41) is 12.4. The van der Waals surface area contributed by atoms with Crippen molar-refractivity contribution in [2.24, 2.45) is 7.05 Å². The summed E-state index contributed by atoms with van der Waals surface area (Å²) in [6.07, 6.45) is 3.58. The van der Waals surface area contributed by atoms with E-state index < -0.39 is 0 Å². The number of thiazole rings is 1. The van der Waals surface area contributed by atoms with E-state index in [1.54, 1.807) is 29.4 Å². The zero-order valence-electron chi connectivity index (χ0n) is 8.06. The van der Waals surface area contributed by atoms with E-state index in [0.717, 1.165) is 22.1 Å². The van der Waals surface area contributed by atoms with Crippen LogP contribution in [0.25, 0.3) is 10.6 Å². The first-order valence-corrected chi connectivity index (χ1v) is 5.07. The maximum absolute atomic E-state index is 4.27. The monoisotopic (exact) mass is 209 g/mol. The summed E-state index contributed by atoms with van der Waals surface area (Å²) in [5.74, 6) is 0. The van der Waals surface area contributed by atoms with Gasteiger partial charge in [0, 0.05) is 19.8 Å². The van der Waals surface area contributed by atoms with Crippen molar-refractivity contribution in [1.82, 2.24) is 25.3 Å². The number of nitrogens with zero attached hydrogens (tertiary/aromatic N) is 4. The van der Waals surface area contributed by atoms with Crippen molar-refractivity contribution in [2.45, 2.75) is 6.54 Å². The minimum atomic E-state index is 0.797. The first-order valence-electron chi connectivity index (χ1n) is 4.25. The second-order valence-electron chi connectivity index (χ2n) is 2.87. The Balaban J connectivity index is 2.24. The van der Waals surface area contributed by atoms with Crippen LogP contribution in [0.2, 0.25) is 0 Å². The number of nitrogens with one attached hydrogen (secondary N) is 1. The van der Waals surface area contributed by atoms with Crippen LogP contribution in [0.5, 0.6) is 0 Å². The van der Waals surface area contributed by atoms with Gasteiger partial charge in [-0.25, -0.2) is 4.98 Å². The number of hydrogen-bond acceptors (Lipinski definition) is 5. The van der Waals surface area contributed by atoms with E-state index in [4.69, 9.17) is 0 Å². The predicted molar refractivity (Wildman–Crippen MR) is 54.9 cm³/mol. The summed E-state index contributed by atoms with van der Waals surface area (Å²) < 4.78 is 0. The number of aromatic nitrogens is 4. The number of rotatable bonds is 3. The van der Waals surface area contributed by atoms with E-state index in [9.17, 15) is 0 Å². The highest BCUT2D eigenvalue weighted by atomic mass is 32.1. The molecule has 6 heteroatoms. The van der Waals surface area contributed by atoms with E-state index >= 15 is 0 Å². The van der Waals surface area contributed by atoms with Gasteiger partial charge in [0.2, 0.25) is 0 Å². The smallest absolute Gasteiger partial charge is 0.124 e. The molecule has 0 radical (unpaired) electrons. The molecule has 0 aliphatic heterocycles. The maximum atomic E-state index is 4.27. The quantitative estimate of drug-likeness (QED) is 0.806. The van der Waals surface area contributed by atoms with Crippen LogP contribution in [0.4, 0.5) is 0 Å². The molecule has 2 rings (SSSR count). The fourth-order valence-electron chi connectivity index (χ4n) is 1.12. The molecule has 74 valence electrons. The van der Waals surface area contributed by atoms with Gasteiger partial charge >= 0.3 is 0 Å². The predicted octanol–water partition coefficient (Wildman–Crippen LogP) is 0.658. The lowest BCUT2D eigenvalue weighted by atomic mass is 10.4. The summed E-state index contributed by atoms with van der Waals surface area (Å²) in [6.45, 7) is 0.797. The van der Waals surface area contributed by atoms with Gasteiger partial charge in [-0.15, -0.1) is 11.3 Å². The zero-order chi connectivity index (χ0) is 9.97. The second-order valence-corrected chi connectivity index (χ2v) is 3.98. The molecule has 0 amide bonds. The SMILES string of the molecule is CNCc1ncc(-c2cnn(C)n2)s1. The molecule has 0 atom stereocenters. The van der Waals surface area contributed by atoms with Gasteiger partial charge in [0.1, 0.15) is 10.7 Å². The van der Waals surface area contributed by atoms with Gasteiger partial charge in [-0.3, -0.25) is 0 Å². The van der Waals surface area contributed by atoms with Crippen molar-refractivity contribution in [2.75, 3.05) is 7.05 Å². The van der Waals surface area contributed by atoms with Gasteiger partial charge in [0.05, 0.1) is 11.1 Å². The van der Waals surface area contributed by atoms with E-state index in [-0.39, 0.29) is 0 Å². The topological polar surface area (TPSA) is 55.6 Å². The minimum Gasteiger partial charge on any atom is -0.314 e. The number of aryl methyl sites for hydroxylation is 1. The Morgan fingerprint density at radius 1 is 1.50 bits per heavy atom. The first kappa shape index (κ1) is 9.29. The summed E-state index contributed by atoms with van der Waals surface area (Å²) >= 11 is 1.63. The fourth-order valence-corrected chi connectivity index (χ4v) is 2.00. The molecule has 0 aromatic carbocycles. The molecule has 0 aliphatic rings. The Morgan fingerprint density at radius 3 is 3.00 bits per heavy atom. The highest BCUT2D eigenvalue weighted by Crippen LogP contribution is 2.23. The third-order valence-electron chi connectivity index (χ3n) is 1.73. The molecule has 0 saturated carbocycles. The van der Waals surface area contributed by atoms with Gasteiger partial charge in [-0.05, 0) is 7.05 Å². The summed E-state index contributed by atoms with van der Waals surface area (Å²) in [4.78, 5) is 6.88. The lowest BCUT2D eigenvalue weighted by Crippen LogP contribution is -2.03. The fraction of sp³-hybridized carbons (Fsp3) is 0.375. The van der Waals surface area contributed by atoms with Crippen molar-refractivity contribution in [3.8, 4) is 10.6 Å². The molecular formula is C8H11N5S. The van der Waals surface area contributed by atoms with E-state index in [1.807, 2.05) is 13.2 Å². The molecule has 0 bridgehead atoms. The average molecular weight is 209 g/mol. The molecule has 14 heavy (non-hydrogen) atoms. The van der Waals surface area contributed by atoms with Crippen molar-refractivity contribution < 1.29 is 0 Å². The van der Waals surface area contributed by atoms with Crippen molar-refractivity contribution in [3.05, 3.63) is 17.4 Å². The maximum Gasteiger partial charge on any atom is 0.124 e. The Labute approximate surface area is 85.8 Å². The third kappa shape index (κ3) is 1.80. The molecule has 0 unspecified atom stereocenters. The van der Waals surface area contributed by atoms with E-state index in [0.29, 0.717) is 0 Å². The van der Waals surface area contributed by atoms with Crippen molar-refractivity contribution in [3.63, 3.8) is 0 Å². The summed E-state index contributed by atoms with van der Waals surface area (Å²) in [7, 11) is 3.71. The van der Waals surface area contributed by atoms with Gasteiger partial charge in [0.25, 0.3) is 0 Å². The lowest BCUT2D eigenvalue weighted by Gasteiger charge is -1.89. The van der Waals surface area contributed by atoms with Gasteiger partial charge in [-0.1, -0.05) is 0 Å².